The highest BCUT2D eigenvalue weighted by Gasteiger charge is 2.33. The van der Waals surface area contributed by atoms with Crippen LogP contribution in [0.1, 0.15) is 23.1 Å². The van der Waals surface area contributed by atoms with Crippen LogP contribution in [0.4, 0.5) is 18.9 Å². The number of benzene rings is 2. The third-order valence-electron chi connectivity index (χ3n) is 6.37. The number of hydrogen-bond acceptors (Lipinski definition) is 6. The third kappa shape index (κ3) is 5.02. The van der Waals surface area contributed by atoms with Crippen molar-refractivity contribution in [3.05, 3.63) is 89.7 Å². The predicted molar refractivity (Wildman–Crippen MR) is 147 cm³/mol. The van der Waals surface area contributed by atoms with Crippen LogP contribution in [0.5, 0.6) is 5.75 Å². The van der Waals surface area contributed by atoms with Crippen LogP contribution in [0.15, 0.2) is 63.7 Å². The Labute approximate surface area is 229 Å². The van der Waals surface area contributed by atoms with Crippen molar-refractivity contribution in [1.29, 1.82) is 0 Å². The van der Waals surface area contributed by atoms with Gasteiger partial charge < -0.3 is 9.64 Å². The summed E-state index contributed by atoms with van der Waals surface area (Å²) in [5, 5.41) is 3.65. The van der Waals surface area contributed by atoms with Gasteiger partial charge >= 0.3 is 6.18 Å². The van der Waals surface area contributed by atoms with Crippen molar-refractivity contribution in [3.63, 3.8) is 0 Å². The second-order valence-electron chi connectivity index (χ2n) is 8.60. The van der Waals surface area contributed by atoms with Gasteiger partial charge in [-0.15, -0.1) is 11.3 Å². The van der Waals surface area contributed by atoms with Crippen LogP contribution in [0.2, 0.25) is 0 Å². The molecule has 1 aliphatic heterocycles. The van der Waals surface area contributed by atoms with Gasteiger partial charge in [0.05, 0.1) is 29.8 Å². The van der Waals surface area contributed by atoms with Crippen molar-refractivity contribution in [2.24, 2.45) is 0 Å². The van der Waals surface area contributed by atoms with Gasteiger partial charge in [-0.25, -0.2) is 0 Å². The van der Waals surface area contributed by atoms with Gasteiger partial charge in [0.1, 0.15) is 20.0 Å². The van der Waals surface area contributed by atoms with Gasteiger partial charge in [0, 0.05) is 24.9 Å². The summed E-state index contributed by atoms with van der Waals surface area (Å²) in [6, 6.07) is 11.5. The fraction of sp³-hybridized carbons (Fsp3) is 0.259. The molecular weight excluding hydrogens is 552 g/mol. The molecule has 0 radical (unpaired) electrons. The van der Waals surface area contributed by atoms with Gasteiger partial charge in [-0.05, 0) is 36.8 Å². The molecule has 4 aromatic rings. The van der Waals surface area contributed by atoms with Crippen molar-refractivity contribution in [3.8, 4) is 5.75 Å². The van der Waals surface area contributed by atoms with E-state index in [0.29, 0.717) is 17.6 Å². The number of nitrogens with zero attached hydrogens (tertiary/aromatic N) is 3. The first kappa shape index (κ1) is 26.6. The van der Waals surface area contributed by atoms with Crippen LogP contribution in [-0.2, 0) is 25.7 Å². The van der Waals surface area contributed by atoms with Crippen molar-refractivity contribution in [2.75, 3.05) is 19.1 Å². The van der Waals surface area contributed by atoms with E-state index in [-0.39, 0.29) is 17.5 Å². The van der Waals surface area contributed by atoms with E-state index in [1.165, 1.54) is 34.8 Å². The summed E-state index contributed by atoms with van der Waals surface area (Å²) in [5.41, 5.74) is 0.628. The minimum absolute atomic E-state index is 0.0555. The van der Waals surface area contributed by atoms with E-state index < -0.39 is 11.7 Å². The molecule has 1 aliphatic rings. The monoisotopic (exact) mass is 576 g/mol. The molecule has 0 amide bonds. The zero-order valence-corrected chi connectivity index (χ0v) is 23.4. The molecule has 0 unspecified atom stereocenters. The second-order valence-corrected chi connectivity index (χ2v) is 11.6. The molecule has 0 atom stereocenters. The lowest BCUT2D eigenvalue weighted by molar-refractivity contribution is -0.693. The molecule has 0 aliphatic carbocycles. The highest BCUT2D eigenvalue weighted by atomic mass is 32.2. The number of halogens is 3. The molecule has 0 bridgehead atoms. The Morgan fingerprint density at radius 3 is 2.68 bits per heavy atom. The van der Waals surface area contributed by atoms with Crippen molar-refractivity contribution in [2.45, 2.75) is 37.5 Å². The lowest BCUT2D eigenvalue weighted by Gasteiger charge is -2.12. The maximum atomic E-state index is 13.4. The summed E-state index contributed by atoms with van der Waals surface area (Å²) >= 11 is 4.46. The summed E-state index contributed by atoms with van der Waals surface area (Å²) in [7, 11) is 3.58. The fourth-order valence-electron chi connectivity index (χ4n) is 4.41. The number of alkyl halides is 3. The minimum Gasteiger partial charge on any atom is -0.497 e. The summed E-state index contributed by atoms with van der Waals surface area (Å²) in [5.74, 6) is 0.761. The lowest BCUT2D eigenvalue weighted by Crippen LogP contribution is -2.36. The third-order valence-corrected chi connectivity index (χ3v) is 9.69. The predicted octanol–water partition coefficient (Wildman–Crippen LogP) is 4.69. The number of anilines is 1. The average Bonchev–Trinajstić information content (AvgIpc) is 3.57. The van der Waals surface area contributed by atoms with Gasteiger partial charge in [0.2, 0.25) is 0 Å². The van der Waals surface area contributed by atoms with E-state index in [2.05, 4.69) is 0 Å². The molecule has 3 heterocycles. The lowest BCUT2D eigenvalue weighted by atomic mass is 10.0. The number of fused-ring (bicyclic) bond motifs is 1. The number of rotatable bonds is 6. The topological polar surface area (TPSA) is 38.4 Å². The van der Waals surface area contributed by atoms with Crippen LogP contribution in [-0.4, -0.2) is 18.7 Å². The second kappa shape index (κ2) is 10.6. The molecule has 5 rings (SSSR count). The first-order valence-electron chi connectivity index (χ1n) is 11.9. The van der Waals surface area contributed by atoms with E-state index in [9.17, 15) is 18.0 Å². The Kier molecular flexibility index (Phi) is 7.43. The van der Waals surface area contributed by atoms with Gasteiger partial charge in [0.15, 0.2) is 12.7 Å². The first-order valence-corrected chi connectivity index (χ1v) is 14.4. The molecule has 38 heavy (non-hydrogen) atoms. The van der Waals surface area contributed by atoms with Crippen molar-refractivity contribution in [1.82, 2.24) is 4.57 Å². The Balaban J connectivity index is 1.51. The fourth-order valence-corrected chi connectivity index (χ4v) is 7.78. The molecule has 2 aromatic carbocycles. The average molecular weight is 577 g/mol. The zero-order valence-electron chi connectivity index (χ0n) is 20.9. The largest absolute Gasteiger partial charge is 0.497 e. The normalized spacial score (nSPS) is 15.3. The number of aromatic nitrogens is 2. The van der Waals surface area contributed by atoms with E-state index in [0.717, 1.165) is 37.1 Å². The summed E-state index contributed by atoms with van der Waals surface area (Å²) in [6.07, 6.45) is -0.316. The van der Waals surface area contributed by atoms with Gasteiger partial charge in [-0.3, -0.25) is 9.36 Å². The molecule has 0 saturated heterocycles. The number of methoxy groups -OCH3 is 1. The molecule has 0 spiro atoms. The number of hydrogen-bond donors (Lipinski definition) is 0. The van der Waals surface area contributed by atoms with Crippen LogP contribution in [0.3, 0.4) is 0 Å². The maximum Gasteiger partial charge on any atom is 0.416 e. The van der Waals surface area contributed by atoms with Crippen LogP contribution >= 0.6 is 34.4 Å². The quantitative estimate of drug-likeness (QED) is 0.313. The number of aryl methyl sites for hydroxylation is 2. The highest BCUT2D eigenvalue weighted by molar-refractivity contribution is 8.08. The molecule has 0 saturated carbocycles. The molecule has 0 N–H and O–H groups in total. The zero-order chi connectivity index (χ0) is 27.0. The van der Waals surface area contributed by atoms with E-state index in [1.54, 1.807) is 29.5 Å². The Bertz CT molecular complexity index is 1670. The summed E-state index contributed by atoms with van der Waals surface area (Å²) in [6.45, 7) is 2.83. The molecular formula is C27H25F3N3O2S3+. The molecule has 198 valence electrons. The van der Waals surface area contributed by atoms with E-state index >= 15 is 0 Å². The van der Waals surface area contributed by atoms with Crippen LogP contribution in [0, 0.1) is 0 Å². The molecule has 2 aromatic heterocycles. The van der Waals surface area contributed by atoms with E-state index in [1.807, 2.05) is 59.3 Å². The van der Waals surface area contributed by atoms with Gasteiger partial charge in [-0.1, -0.05) is 41.3 Å². The maximum absolute atomic E-state index is 13.4. The number of ether oxygens (including phenoxy) is 1. The number of thiazole rings is 2. The molecule has 11 heteroatoms. The van der Waals surface area contributed by atoms with Crippen molar-refractivity contribution < 1.29 is 22.5 Å². The van der Waals surface area contributed by atoms with Crippen LogP contribution < -0.4 is 29.0 Å². The summed E-state index contributed by atoms with van der Waals surface area (Å²) < 4.78 is 50.8. The van der Waals surface area contributed by atoms with Crippen molar-refractivity contribution >= 4 is 51.2 Å². The first-order chi connectivity index (χ1) is 18.2. The Morgan fingerprint density at radius 2 is 1.95 bits per heavy atom. The Hall–Kier alpha value is -3.02. The number of thioether (sulfide) groups is 1. The Morgan fingerprint density at radius 1 is 1.16 bits per heavy atom. The summed E-state index contributed by atoms with van der Waals surface area (Å²) in [4.78, 5) is 16.5. The standard InChI is InChI=1S/C27H25F3N3O2S3/c1-4-33-23(38-24(25(33)34)26-31(2)20-10-9-18(35-3)15-21(20)37-26)16-22-32(13-14-36-22)12-11-17-7-5-6-8-19(17)27(28,29)30/h5-10,13-16H,4,11-12H2,1-3H3/q+1/b26-24+. The van der Waals surface area contributed by atoms with Gasteiger partial charge in [-0.2, -0.15) is 17.7 Å². The smallest absolute Gasteiger partial charge is 0.416 e. The minimum atomic E-state index is -4.39. The molecule has 5 nitrogen and oxygen atoms in total. The van der Waals surface area contributed by atoms with Crippen LogP contribution in [0.25, 0.3) is 11.1 Å². The van der Waals surface area contributed by atoms with Gasteiger partial charge in [0.25, 0.3) is 10.6 Å². The van der Waals surface area contributed by atoms with E-state index in [4.69, 9.17) is 4.74 Å². The SMILES string of the molecule is CCn1c(=O)/c(=C2\Sc3cc(OC)ccc3N2C)s/c1=C\c1scc[n+]1CCc1ccccc1C(F)(F)F. The highest BCUT2D eigenvalue weighted by Crippen LogP contribution is 2.46. The molecule has 0 fully saturated rings.